The van der Waals surface area contributed by atoms with Crippen LogP contribution in [0.1, 0.15) is 49.6 Å². The minimum Gasteiger partial charge on any atom is -0.381 e. The van der Waals surface area contributed by atoms with Crippen LogP contribution in [0.3, 0.4) is 0 Å². The number of aryl methyl sites for hydroxylation is 2. The SMILES string of the molecule is BC(B)(B)c1cc(F)c2nc(N3CC[C@@H](NC4CCOCC4)C[C@H]3C)c(-c3nc(C)no3)c(C)c2c1. The molecule has 2 atom stereocenters. The van der Waals surface area contributed by atoms with Crippen molar-refractivity contribution < 1.29 is 13.7 Å². The summed E-state index contributed by atoms with van der Waals surface area (Å²) in [5.41, 5.74) is 3.05. The summed E-state index contributed by atoms with van der Waals surface area (Å²) in [7, 11) is 6.27. The second-order valence-electron chi connectivity index (χ2n) is 11.5. The lowest BCUT2D eigenvalue weighted by Crippen LogP contribution is -2.51. The molecule has 4 heterocycles. The Bertz CT molecular complexity index is 1260. The number of nitrogens with one attached hydrogen (secondary N) is 1. The molecular formula is C25H35B3FN5O2. The van der Waals surface area contributed by atoms with Crippen LogP contribution in [0.4, 0.5) is 10.2 Å². The van der Waals surface area contributed by atoms with E-state index in [1.54, 1.807) is 6.07 Å². The van der Waals surface area contributed by atoms with E-state index < -0.39 is 0 Å². The molecule has 0 aliphatic carbocycles. The molecule has 11 heteroatoms. The van der Waals surface area contributed by atoms with E-state index in [0.29, 0.717) is 29.3 Å². The first-order valence-electron chi connectivity index (χ1n) is 13.2. The van der Waals surface area contributed by atoms with Crippen LogP contribution in [0, 0.1) is 19.7 Å². The lowest BCUT2D eigenvalue weighted by Gasteiger charge is -2.41. The van der Waals surface area contributed by atoms with Gasteiger partial charge >= 0.3 is 0 Å². The zero-order valence-corrected chi connectivity index (χ0v) is 22.3. The summed E-state index contributed by atoms with van der Waals surface area (Å²) in [6.07, 6.45) is 4.12. The molecule has 3 aromatic rings. The van der Waals surface area contributed by atoms with Crippen molar-refractivity contribution in [1.82, 2.24) is 20.4 Å². The minimum atomic E-state index is -0.293. The molecule has 36 heavy (non-hydrogen) atoms. The number of nitrogens with zero attached hydrogens (tertiary/aromatic N) is 4. The van der Waals surface area contributed by atoms with E-state index in [4.69, 9.17) is 14.2 Å². The highest BCUT2D eigenvalue weighted by molar-refractivity contribution is 6.59. The third kappa shape index (κ3) is 4.92. The number of halogens is 1. The molecule has 1 aromatic carbocycles. The van der Waals surface area contributed by atoms with Gasteiger partial charge in [-0.15, -0.1) is 0 Å². The fraction of sp³-hybridized carbons (Fsp3) is 0.560. The molecule has 0 unspecified atom stereocenters. The van der Waals surface area contributed by atoms with E-state index in [9.17, 15) is 0 Å². The van der Waals surface area contributed by atoms with Gasteiger partial charge < -0.3 is 19.5 Å². The monoisotopic (exact) mass is 489 g/mol. The first-order chi connectivity index (χ1) is 17.1. The molecule has 188 valence electrons. The maximum atomic E-state index is 15.5. The van der Waals surface area contributed by atoms with Crippen molar-refractivity contribution in [2.75, 3.05) is 24.7 Å². The van der Waals surface area contributed by atoms with Crippen LogP contribution in [-0.2, 0) is 9.85 Å². The molecule has 1 N–H and O–H groups in total. The molecule has 2 fully saturated rings. The third-order valence-corrected chi connectivity index (χ3v) is 7.73. The second-order valence-corrected chi connectivity index (χ2v) is 11.5. The zero-order chi connectivity index (χ0) is 25.6. The van der Waals surface area contributed by atoms with Crippen molar-refractivity contribution in [1.29, 1.82) is 0 Å². The second kappa shape index (κ2) is 9.82. The number of rotatable bonds is 5. The molecule has 2 aliphatic rings. The number of hydrogen-bond donors (Lipinski definition) is 1. The van der Waals surface area contributed by atoms with E-state index in [0.717, 1.165) is 73.3 Å². The van der Waals surface area contributed by atoms with Crippen molar-refractivity contribution in [3.8, 4) is 11.5 Å². The Morgan fingerprint density at radius 1 is 1.08 bits per heavy atom. The summed E-state index contributed by atoms with van der Waals surface area (Å²) in [5.74, 6) is 1.44. The molecular weight excluding hydrogens is 454 g/mol. The van der Waals surface area contributed by atoms with Gasteiger partial charge in [-0.25, -0.2) is 9.37 Å². The highest BCUT2D eigenvalue weighted by Crippen LogP contribution is 2.39. The van der Waals surface area contributed by atoms with Crippen LogP contribution in [0.25, 0.3) is 22.4 Å². The number of fused-ring (bicyclic) bond motifs is 1. The summed E-state index contributed by atoms with van der Waals surface area (Å²) in [4.78, 5) is 11.8. The van der Waals surface area contributed by atoms with Crippen molar-refractivity contribution in [3.63, 3.8) is 0 Å². The largest absolute Gasteiger partial charge is 0.381 e. The van der Waals surface area contributed by atoms with Crippen LogP contribution in [0.5, 0.6) is 0 Å². The first-order valence-corrected chi connectivity index (χ1v) is 13.2. The van der Waals surface area contributed by atoms with Gasteiger partial charge in [-0.05, 0) is 58.1 Å². The lowest BCUT2D eigenvalue weighted by molar-refractivity contribution is 0.0733. The summed E-state index contributed by atoms with van der Waals surface area (Å²) < 4.78 is 26.7. The number of hydrogen-bond acceptors (Lipinski definition) is 7. The van der Waals surface area contributed by atoms with E-state index >= 15 is 4.39 Å². The van der Waals surface area contributed by atoms with Crippen molar-refractivity contribution in [2.45, 2.75) is 69.7 Å². The van der Waals surface area contributed by atoms with Crippen LogP contribution >= 0.6 is 0 Å². The fourth-order valence-electron chi connectivity index (χ4n) is 5.59. The van der Waals surface area contributed by atoms with Crippen LogP contribution in [0.2, 0.25) is 0 Å². The Morgan fingerprint density at radius 2 is 1.83 bits per heavy atom. The molecule has 7 nitrogen and oxygen atoms in total. The smallest absolute Gasteiger partial charge is 0.261 e. The van der Waals surface area contributed by atoms with Gasteiger partial charge in [0.1, 0.15) is 17.2 Å². The quantitative estimate of drug-likeness (QED) is 0.540. The summed E-state index contributed by atoms with van der Waals surface area (Å²) in [6, 6.07) is 4.88. The number of anilines is 1. The van der Waals surface area contributed by atoms with Crippen molar-refractivity contribution in [3.05, 3.63) is 34.9 Å². The predicted molar refractivity (Wildman–Crippen MR) is 149 cm³/mol. The lowest BCUT2D eigenvalue weighted by atomic mass is 9.40. The van der Waals surface area contributed by atoms with Gasteiger partial charge in [-0.3, -0.25) is 0 Å². The number of piperidine rings is 1. The fourth-order valence-corrected chi connectivity index (χ4v) is 5.59. The van der Waals surface area contributed by atoms with E-state index in [1.807, 2.05) is 13.8 Å². The first kappa shape index (κ1) is 25.3. The maximum absolute atomic E-state index is 15.5. The topological polar surface area (TPSA) is 76.3 Å². The van der Waals surface area contributed by atoms with Crippen LogP contribution in [0.15, 0.2) is 16.7 Å². The average molecular weight is 489 g/mol. The van der Waals surface area contributed by atoms with E-state index in [-0.39, 0.29) is 17.0 Å². The van der Waals surface area contributed by atoms with Crippen LogP contribution < -0.4 is 10.2 Å². The molecule has 0 saturated carbocycles. The van der Waals surface area contributed by atoms with Crippen molar-refractivity contribution in [2.24, 2.45) is 0 Å². The number of pyridine rings is 1. The Hall–Kier alpha value is -2.39. The Balaban J connectivity index is 1.55. The number of benzene rings is 1. The number of aromatic nitrogens is 3. The Morgan fingerprint density at radius 3 is 2.47 bits per heavy atom. The van der Waals surface area contributed by atoms with E-state index in [1.165, 1.54) is 0 Å². The highest BCUT2D eigenvalue weighted by atomic mass is 19.1. The van der Waals surface area contributed by atoms with Gasteiger partial charge in [-0.2, -0.15) is 4.98 Å². The zero-order valence-electron chi connectivity index (χ0n) is 22.3. The standard InChI is InChI=1S/C25H35B3FN5O2/c1-13-10-18(31-17-5-8-35-9-6-17)4-7-34(13)23-21(24-30-15(3)33-36-24)14(2)19-11-16(25(26,27)28)12-20(29)22(19)32-23/h11-13,17-18,31H,4-10,26-28H2,1-3H3/t13-,18-/m1/s1. The van der Waals surface area contributed by atoms with Gasteiger partial charge in [0.25, 0.3) is 5.89 Å². The molecule has 0 radical (unpaired) electrons. The van der Waals surface area contributed by atoms with Gasteiger partial charge in [0, 0.05) is 43.3 Å². The molecule has 0 bridgehead atoms. The summed E-state index contributed by atoms with van der Waals surface area (Å²) in [5, 5.41) is 8.50. The number of ether oxygens (including phenoxy) is 1. The van der Waals surface area contributed by atoms with Gasteiger partial charge in [0.2, 0.25) is 0 Å². The summed E-state index contributed by atoms with van der Waals surface area (Å²) in [6.45, 7) is 8.54. The normalized spacial score (nSPS) is 21.8. The van der Waals surface area contributed by atoms with Gasteiger partial charge in [0.05, 0.1) is 29.1 Å². The third-order valence-electron chi connectivity index (χ3n) is 7.73. The molecule has 0 spiro atoms. The molecule has 0 amide bonds. The Kier molecular flexibility index (Phi) is 6.89. The minimum absolute atomic E-state index is 0.185. The van der Waals surface area contributed by atoms with Crippen LogP contribution in [-0.4, -0.2) is 76.5 Å². The maximum Gasteiger partial charge on any atom is 0.261 e. The molecule has 2 aromatic heterocycles. The van der Waals surface area contributed by atoms with Crippen molar-refractivity contribution >= 4 is 40.3 Å². The van der Waals surface area contributed by atoms with Gasteiger partial charge in [-0.1, -0.05) is 21.9 Å². The highest BCUT2D eigenvalue weighted by Gasteiger charge is 2.32. The Labute approximate surface area is 215 Å². The molecule has 2 saturated heterocycles. The van der Waals surface area contributed by atoms with E-state index in [2.05, 4.69) is 56.9 Å². The molecule has 2 aliphatic heterocycles. The summed E-state index contributed by atoms with van der Waals surface area (Å²) >= 11 is 0. The predicted octanol–water partition coefficient (Wildman–Crippen LogP) is 1.18. The molecule has 5 rings (SSSR count). The van der Waals surface area contributed by atoms with Gasteiger partial charge in [0.15, 0.2) is 5.82 Å². The average Bonchev–Trinajstić information content (AvgIpc) is 3.25.